The van der Waals surface area contributed by atoms with Gasteiger partial charge in [0.2, 0.25) is 0 Å². The largest absolute Gasteiger partial charge is 0.406 e. The van der Waals surface area contributed by atoms with Crippen LogP contribution in [0.5, 0.6) is 0 Å². The Kier molecular flexibility index (Phi) is 6.04. The van der Waals surface area contributed by atoms with Gasteiger partial charge in [0.05, 0.1) is 22.7 Å². The van der Waals surface area contributed by atoms with E-state index in [2.05, 4.69) is 10.1 Å². The summed E-state index contributed by atoms with van der Waals surface area (Å²) in [5, 5.41) is 15.5. The Bertz CT molecular complexity index is 1110. The minimum absolute atomic E-state index is 0.00248. The van der Waals surface area contributed by atoms with Crippen LogP contribution in [0, 0.1) is 24.0 Å². The van der Waals surface area contributed by atoms with Crippen LogP contribution in [0.15, 0.2) is 48.7 Å². The van der Waals surface area contributed by atoms with Crippen LogP contribution in [0.1, 0.15) is 27.3 Å². The molecule has 0 bridgehead atoms. The van der Waals surface area contributed by atoms with E-state index in [4.69, 9.17) is 0 Å². The van der Waals surface area contributed by atoms with Gasteiger partial charge in [-0.25, -0.2) is 9.67 Å². The molecule has 0 atom stereocenters. The van der Waals surface area contributed by atoms with E-state index in [-0.39, 0.29) is 16.8 Å². The molecule has 11 heteroatoms. The number of nitrogens with zero attached hydrogens (tertiary/aromatic N) is 5. The van der Waals surface area contributed by atoms with Crippen molar-refractivity contribution in [1.82, 2.24) is 19.7 Å². The molecule has 2 aromatic heterocycles. The number of benzene rings is 1. The van der Waals surface area contributed by atoms with Crippen molar-refractivity contribution in [1.29, 1.82) is 0 Å². The van der Waals surface area contributed by atoms with E-state index in [9.17, 15) is 28.1 Å². The molecule has 162 valence electrons. The van der Waals surface area contributed by atoms with Crippen LogP contribution < -0.4 is 0 Å². The molecule has 1 amide bonds. The minimum Gasteiger partial charge on any atom is -0.325 e. The summed E-state index contributed by atoms with van der Waals surface area (Å²) >= 11 is 0. The number of aromatic nitrogens is 3. The van der Waals surface area contributed by atoms with E-state index in [1.165, 1.54) is 36.4 Å². The van der Waals surface area contributed by atoms with Crippen molar-refractivity contribution in [2.75, 3.05) is 6.54 Å². The number of para-hydroxylation sites is 1. The molecule has 0 unspecified atom stereocenters. The number of aryl methyl sites for hydroxylation is 2. The van der Waals surface area contributed by atoms with Gasteiger partial charge >= 0.3 is 6.18 Å². The van der Waals surface area contributed by atoms with Gasteiger partial charge in [-0.1, -0.05) is 18.2 Å². The fraction of sp³-hybridized carbons (Fsp3) is 0.250. The second-order valence-corrected chi connectivity index (χ2v) is 6.91. The van der Waals surface area contributed by atoms with Crippen LogP contribution >= 0.6 is 0 Å². The van der Waals surface area contributed by atoms with E-state index in [1.54, 1.807) is 11.6 Å². The highest BCUT2D eigenvalue weighted by molar-refractivity contribution is 5.94. The van der Waals surface area contributed by atoms with Crippen molar-refractivity contribution in [3.63, 3.8) is 0 Å². The van der Waals surface area contributed by atoms with Crippen LogP contribution in [-0.2, 0) is 6.54 Å². The van der Waals surface area contributed by atoms with Crippen molar-refractivity contribution >= 4 is 11.6 Å². The Morgan fingerprint density at radius 2 is 1.90 bits per heavy atom. The lowest BCUT2D eigenvalue weighted by Gasteiger charge is -2.24. The molecular weight excluding hydrogens is 415 g/mol. The summed E-state index contributed by atoms with van der Waals surface area (Å²) in [4.78, 5) is 28.0. The molecular formula is C20H18F3N5O3. The Hall–Kier alpha value is -3.76. The third kappa shape index (κ3) is 5.24. The highest BCUT2D eigenvalue weighted by Crippen LogP contribution is 2.24. The quantitative estimate of drug-likeness (QED) is 0.433. The number of amides is 1. The molecule has 0 radical (unpaired) electrons. The van der Waals surface area contributed by atoms with Gasteiger partial charge in [0.25, 0.3) is 11.6 Å². The molecule has 0 aliphatic carbocycles. The number of alkyl halides is 3. The monoisotopic (exact) mass is 433 g/mol. The topological polar surface area (TPSA) is 94.2 Å². The molecule has 0 aliphatic rings. The SMILES string of the molecule is Cc1cc(C)n(-c2ccc(C(=O)N(Cc3ccccc3[N+](=O)[O-])CC(F)(F)F)cn2)n1. The van der Waals surface area contributed by atoms with E-state index in [0.717, 1.165) is 17.6 Å². The maximum absolute atomic E-state index is 13.1. The van der Waals surface area contributed by atoms with Gasteiger partial charge in [0.15, 0.2) is 5.82 Å². The molecule has 3 rings (SSSR count). The summed E-state index contributed by atoms with van der Waals surface area (Å²) in [6.07, 6.45) is -3.52. The van der Waals surface area contributed by atoms with Crippen molar-refractivity contribution in [3.05, 3.63) is 81.3 Å². The molecule has 0 saturated carbocycles. The fourth-order valence-electron chi connectivity index (χ4n) is 3.13. The first kappa shape index (κ1) is 21.9. The zero-order valence-corrected chi connectivity index (χ0v) is 16.6. The zero-order valence-electron chi connectivity index (χ0n) is 16.6. The molecule has 0 spiro atoms. The van der Waals surface area contributed by atoms with E-state index in [0.29, 0.717) is 10.7 Å². The van der Waals surface area contributed by atoms with Crippen molar-refractivity contribution in [2.24, 2.45) is 0 Å². The average Bonchev–Trinajstić information content (AvgIpc) is 3.04. The summed E-state index contributed by atoms with van der Waals surface area (Å²) in [6, 6.07) is 10.0. The number of nitro benzene ring substituents is 1. The van der Waals surface area contributed by atoms with Gasteiger partial charge < -0.3 is 4.90 Å². The summed E-state index contributed by atoms with van der Waals surface area (Å²) in [5.41, 5.74) is 1.13. The van der Waals surface area contributed by atoms with Crippen LogP contribution in [-0.4, -0.2) is 43.2 Å². The number of nitro groups is 1. The lowest BCUT2D eigenvalue weighted by Crippen LogP contribution is -2.38. The van der Waals surface area contributed by atoms with Crippen LogP contribution in [0.4, 0.5) is 18.9 Å². The summed E-state index contributed by atoms with van der Waals surface area (Å²) in [5.74, 6) is -0.536. The first-order valence-electron chi connectivity index (χ1n) is 9.13. The Morgan fingerprint density at radius 1 is 1.19 bits per heavy atom. The second kappa shape index (κ2) is 8.54. The Morgan fingerprint density at radius 3 is 2.45 bits per heavy atom. The predicted octanol–water partition coefficient (Wildman–Crippen LogP) is 4.00. The molecule has 1 aromatic carbocycles. The number of halogens is 3. The van der Waals surface area contributed by atoms with Gasteiger partial charge in [0.1, 0.15) is 6.54 Å². The normalized spacial score (nSPS) is 11.4. The molecule has 3 aromatic rings. The van der Waals surface area contributed by atoms with E-state index >= 15 is 0 Å². The number of carbonyl (C=O) groups is 1. The maximum atomic E-state index is 13.1. The molecule has 31 heavy (non-hydrogen) atoms. The first-order valence-corrected chi connectivity index (χ1v) is 9.13. The zero-order chi connectivity index (χ0) is 22.8. The number of carbonyl (C=O) groups excluding carboxylic acids is 1. The fourth-order valence-corrected chi connectivity index (χ4v) is 3.13. The van der Waals surface area contributed by atoms with Crippen LogP contribution in [0.25, 0.3) is 5.82 Å². The van der Waals surface area contributed by atoms with Crippen molar-refractivity contribution in [2.45, 2.75) is 26.6 Å². The van der Waals surface area contributed by atoms with Gasteiger partial charge in [0, 0.05) is 23.5 Å². The number of pyridine rings is 1. The van der Waals surface area contributed by atoms with Crippen LogP contribution in [0.2, 0.25) is 0 Å². The molecule has 0 fully saturated rings. The van der Waals surface area contributed by atoms with Gasteiger partial charge in [-0.15, -0.1) is 0 Å². The third-order valence-corrected chi connectivity index (χ3v) is 4.43. The summed E-state index contributed by atoms with van der Waals surface area (Å²) < 4.78 is 40.9. The predicted molar refractivity (Wildman–Crippen MR) is 105 cm³/mol. The average molecular weight is 433 g/mol. The Balaban J connectivity index is 1.90. The van der Waals surface area contributed by atoms with Crippen LogP contribution in [0.3, 0.4) is 0 Å². The smallest absolute Gasteiger partial charge is 0.325 e. The molecule has 0 aliphatic heterocycles. The van der Waals surface area contributed by atoms with Crippen molar-refractivity contribution in [3.8, 4) is 5.82 Å². The lowest BCUT2D eigenvalue weighted by atomic mass is 10.1. The standard InChI is InChI=1S/C20H18F3N5O3/c1-13-9-14(2)27(25-13)18-8-7-15(10-24-18)19(29)26(12-20(21,22)23)11-16-5-3-4-6-17(16)28(30)31/h3-10H,11-12H2,1-2H3. The van der Waals surface area contributed by atoms with Gasteiger partial charge in [-0.2, -0.15) is 18.3 Å². The highest BCUT2D eigenvalue weighted by Gasteiger charge is 2.34. The number of hydrogen-bond donors (Lipinski definition) is 0. The first-order chi connectivity index (χ1) is 14.5. The second-order valence-electron chi connectivity index (χ2n) is 6.91. The highest BCUT2D eigenvalue weighted by atomic mass is 19.4. The lowest BCUT2D eigenvalue weighted by molar-refractivity contribution is -0.385. The van der Waals surface area contributed by atoms with E-state index < -0.39 is 30.1 Å². The third-order valence-electron chi connectivity index (χ3n) is 4.43. The molecule has 2 heterocycles. The molecule has 8 nitrogen and oxygen atoms in total. The van der Waals surface area contributed by atoms with E-state index in [1.807, 2.05) is 13.0 Å². The van der Waals surface area contributed by atoms with Gasteiger partial charge in [-0.05, 0) is 32.0 Å². The molecule has 0 N–H and O–H groups in total. The summed E-state index contributed by atoms with van der Waals surface area (Å²) in [7, 11) is 0. The van der Waals surface area contributed by atoms with Crippen molar-refractivity contribution < 1.29 is 22.9 Å². The maximum Gasteiger partial charge on any atom is 0.406 e. The Labute approximate surface area is 175 Å². The molecule has 0 saturated heterocycles. The number of hydrogen-bond acceptors (Lipinski definition) is 5. The van der Waals surface area contributed by atoms with Gasteiger partial charge in [-0.3, -0.25) is 14.9 Å². The number of rotatable bonds is 6. The minimum atomic E-state index is -4.68. The summed E-state index contributed by atoms with van der Waals surface area (Å²) in [6.45, 7) is 1.49.